The van der Waals surface area contributed by atoms with Gasteiger partial charge >= 0.3 is 5.97 Å². The highest BCUT2D eigenvalue weighted by Crippen LogP contribution is 2.14. The smallest absolute Gasteiger partial charge is 0.338 e. The Balaban J connectivity index is 1.97. The molecule has 1 fully saturated rings. The van der Waals surface area contributed by atoms with Gasteiger partial charge in [-0.2, -0.15) is 0 Å². The van der Waals surface area contributed by atoms with E-state index in [2.05, 4.69) is 0 Å². The van der Waals surface area contributed by atoms with Crippen LogP contribution in [0.5, 0.6) is 0 Å². The molecule has 0 unspecified atom stereocenters. The van der Waals surface area contributed by atoms with Crippen LogP contribution in [0.2, 0.25) is 0 Å². The number of esters is 1. The predicted molar refractivity (Wildman–Crippen MR) is 60.1 cm³/mol. The minimum atomic E-state index is -0.306. The van der Waals surface area contributed by atoms with Crippen molar-refractivity contribution in [1.29, 1.82) is 0 Å². The van der Waals surface area contributed by atoms with Crippen molar-refractivity contribution in [2.45, 2.75) is 18.9 Å². The maximum atomic E-state index is 11.7. The molecule has 2 rings (SSSR count). The van der Waals surface area contributed by atoms with Gasteiger partial charge in [0.25, 0.3) is 0 Å². The summed E-state index contributed by atoms with van der Waals surface area (Å²) < 4.78 is 10.6. The first kappa shape index (κ1) is 11.0. The summed E-state index contributed by atoms with van der Waals surface area (Å²) in [4.78, 5) is 11.7. The van der Waals surface area contributed by atoms with Gasteiger partial charge in [-0.15, -0.1) is 0 Å². The Morgan fingerprint density at radius 2 is 2.12 bits per heavy atom. The topological polar surface area (TPSA) is 61.6 Å². The number of carbonyl (C=O) groups excluding carboxylic acids is 1. The molecule has 2 N–H and O–H groups in total. The number of rotatable bonds is 2. The van der Waals surface area contributed by atoms with E-state index in [9.17, 15) is 4.79 Å². The maximum Gasteiger partial charge on any atom is 0.338 e. The molecule has 0 aromatic heterocycles. The van der Waals surface area contributed by atoms with E-state index < -0.39 is 0 Å². The molecule has 0 aliphatic carbocycles. The number of hydrogen-bond acceptors (Lipinski definition) is 4. The zero-order valence-electron chi connectivity index (χ0n) is 9.02. The van der Waals surface area contributed by atoms with Gasteiger partial charge in [0.05, 0.1) is 18.8 Å². The van der Waals surface area contributed by atoms with Gasteiger partial charge in [0.2, 0.25) is 0 Å². The van der Waals surface area contributed by atoms with Crippen LogP contribution in [0.15, 0.2) is 24.3 Å². The molecule has 0 saturated carbocycles. The van der Waals surface area contributed by atoms with E-state index in [4.69, 9.17) is 15.2 Å². The quantitative estimate of drug-likeness (QED) is 0.608. The lowest BCUT2D eigenvalue weighted by atomic mass is 10.1. The van der Waals surface area contributed by atoms with Gasteiger partial charge in [-0.05, 0) is 18.2 Å². The highest BCUT2D eigenvalue weighted by molar-refractivity contribution is 5.90. The van der Waals surface area contributed by atoms with Crippen molar-refractivity contribution in [3.63, 3.8) is 0 Å². The van der Waals surface area contributed by atoms with Crippen molar-refractivity contribution in [2.24, 2.45) is 0 Å². The van der Waals surface area contributed by atoms with Crippen LogP contribution in [-0.2, 0) is 9.47 Å². The zero-order valence-corrected chi connectivity index (χ0v) is 9.02. The summed E-state index contributed by atoms with van der Waals surface area (Å²) in [6.07, 6.45) is 1.52. The lowest BCUT2D eigenvalue weighted by Gasteiger charge is -2.22. The first-order valence-electron chi connectivity index (χ1n) is 5.40. The summed E-state index contributed by atoms with van der Waals surface area (Å²) in [5.74, 6) is -0.306. The second-order valence-electron chi connectivity index (χ2n) is 3.84. The number of anilines is 1. The number of hydrogen-bond donors (Lipinski definition) is 1. The number of nitrogens with two attached hydrogens (primary N) is 1. The largest absolute Gasteiger partial charge is 0.459 e. The van der Waals surface area contributed by atoms with E-state index in [1.54, 1.807) is 24.3 Å². The molecule has 1 aliphatic rings. The highest BCUT2D eigenvalue weighted by Gasteiger charge is 2.18. The molecule has 16 heavy (non-hydrogen) atoms. The third-order valence-corrected chi connectivity index (χ3v) is 2.56. The zero-order chi connectivity index (χ0) is 11.4. The number of benzene rings is 1. The Morgan fingerprint density at radius 1 is 1.38 bits per heavy atom. The lowest BCUT2D eigenvalue weighted by molar-refractivity contribution is -0.0159. The van der Waals surface area contributed by atoms with Gasteiger partial charge in [-0.3, -0.25) is 0 Å². The van der Waals surface area contributed by atoms with Gasteiger partial charge < -0.3 is 15.2 Å². The molecule has 1 aliphatic heterocycles. The summed E-state index contributed by atoms with van der Waals surface area (Å²) >= 11 is 0. The van der Waals surface area contributed by atoms with Gasteiger partial charge in [0, 0.05) is 18.5 Å². The molecule has 0 atom stereocenters. The van der Waals surface area contributed by atoms with Crippen LogP contribution in [0, 0.1) is 0 Å². The first-order valence-corrected chi connectivity index (χ1v) is 5.40. The SMILES string of the molecule is Nc1cccc(C(=O)OC2CCOCC2)c1. The van der Waals surface area contributed by atoms with Crippen molar-refractivity contribution in [3.8, 4) is 0 Å². The number of nitrogen functional groups attached to an aromatic ring is 1. The summed E-state index contributed by atoms with van der Waals surface area (Å²) in [6, 6.07) is 6.82. The Labute approximate surface area is 94.3 Å². The summed E-state index contributed by atoms with van der Waals surface area (Å²) in [6.45, 7) is 1.32. The van der Waals surface area contributed by atoms with Crippen LogP contribution >= 0.6 is 0 Å². The Morgan fingerprint density at radius 3 is 2.81 bits per heavy atom. The Hall–Kier alpha value is -1.55. The van der Waals surface area contributed by atoms with Crippen LogP contribution in [-0.4, -0.2) is 25.3 Å². The van der Waals surface area contributed by atoms with Crippen molar-refractivity contribution >= 4 is 11.7 Å². The average Bonchev–Trinajstić information content (AvgIpc) is 2.30. The molecule has 1 saturated heterocycles. The molecule has 4 heteroatoms. The van der Waals surface area contributed by atoms with Crippen molar-refractivity contribution in [3.05, 3.63) is 29.8 Å². The molecule has 0 radical (unpaired) electrons. The molecule has 0 amide bonds. The Kier molecular flexibility index (Phi) is 3.41. The van der Waals surface area contributed by atoms with Gasteiger partial charge in [-0.25, -0.2) is 4.79 Å². The standard InChI is InChI=1S/C12H15NO3/c13-10-3-1-2-9(8-10)12(14)16-11-4-6-15-7-5-11/h1-3,8,11H,4-7,13H2. The van der Waals surface area contributed by atoms with Crippen LogP contribution in [0.1, 0.15) is 23.2 Å². The van der Waals surface area contributed by atoms with Crippen LogP contribution < -0.4 is 5.73 Å². The van der Waals surface area contributed by atoms with Crippen LogP contribution in [0.4, 0.5) is 5.69 Å². The minimum Gasteiger partial charge on any atom is -0.459 e. The summed E-state index contributed by atoms with van der Waals surface area (Å²) in [7, 11) is 0. The molecule has 1 heterocycles. The van der Waals surface area contributed by atoms with Crippen molar-refractivity contribution in [2.75, 3.05) is 18.9 Å². The highest BCUT2D eigenvalue weighted by atomic mass is 16.6. The van der Waals surface area contributed by atoms with Gasteiger partial charge in [0.1, 0.15) is 6.10 Å². The molecule has 0 spiro atoms. The molecule has 1 aromatic rings. The Bertz CT molecular complexity index is 372. The van der Waals surface area contributed by atoms with E-state index in [1.807, 2.05) is 0 Å². The van der Waals surface area contributed by atoms with Crippen molar-refractivity contribution in [1.82, 2.24) is 0 Å². The lowest BCUT2D eigenvalue weighted by Crippen LogP contribution is -2.26. The fraction of sp³-hybridized carbons (Fsp3) is 0.417. The second kappa shape index (κ2) is 4.99. The number of ether oxygens (including phenoxy) is 2. The molecular formula is C12H15NO3. The monoisotopic (exact) mass is 221 g/mol. The predicted octanol–water partition coefficient (Wildman–Crippen LogP) is 1.60. The van der Waals surface area contributed by atoms with Crippen LogP contribution in [0.3, 0.4) is 0 Å². The van der Waals surface area contributed by atoms with Gasteiger partial charge in [0.15, 0.2) is 0 Å². The van der Waals surface area contributed by atoms with E-state index in [-0.39, 0.29) is 12.1 Å². The van der Waals surface area contributed by atoms with Gasteiger partial charge in [-0.1, -0.05) is 6.07 Å². The summed E-state index contributed by atoms with van der Waals surface area (Å²) in [5.41, 5.74) is 6.68. The minimum absolute atomic E-state index is 0.0253. The third kappa shape index (κ3) is 2.73. The molecule has 86 valence electrons. The summed E-state index contributed by atoms with van der Waals surface area (Å²) in [5, 5.41) is 0. The van der Waals surface area contributed by atoms with E-state index >= 15 is 0 Å². The van der Waals surface area contributed by atoms with Crippen molar-refractivity contribution < 1.29 is 14.3 Å². The van der Waals surface area contributed by atoms with E-state index in [0.29, 0.717) is 24.5 Å². The fourth-order valence-corrected chi connectivity index (χ4v) is 1.68. The van der Waals surface area contributed by atoms with E-state index in [0.717, 1.165) is 12.8 Å². The van der Waals surface area contributed by atoms with E-state index in [1.165, 1.54) is 0 Å². The molecular weight excluding hydrogens is 206 g/mol. The maximum absolute atomic E-state index is 11.7. The normalized spacial score (nSPS) is 17.0. The average molecular weight is 221 g/mol. The molecule has 4 nitrogen and oxygen atoms in total. The first-order chi connectivity index (χ1) is 7.75. The fourth-order valence-electron chi connectivity index (χ4n) is 1.68. The number of carbonyl (C=O) groups is 1. The molecule has 1 aromatic carbocycles. The third-order valence-electron chi connectivity index (χ3n) is 2.56. The second-order valence-corrected chi connectivity index (χ2v) is 3.84. The molecule has 0 bridgehead atoms. The van der Waals surface area contributed by atoms with Crippen LogP contribution in [0.25, 0.3) is 0 Å².